The van der Waals surface area contributed by atoms with E-state index in [1.54, 1.807) is 0 Å². The zero-order valence-corrected chi connectivity index (χ0v) is 54.2. The average Bonchev–Trinajstić information content (AvgIpc) is 1.13. The van der Waals surface area contributed by atoms with E-state index < -0.39 is 124 Å². The van der Waals surface area contributed by atoms with Crippen LogP contribution in [0.2, 0.25) is 0 Å². The molecule has 3 rings (SSSR count). The molecule has 19 nitrogen and oxygen atoms in total. The predicted molar refractivity (Wildman–Crippen MR) is 342 cm³/mol. The molecular weight excluding hydrogens is 1130 g/mol. The summed E-state index contributed by atoms with van der Waals surface area (Å²) < 4.78 is 34.1. The summed E-state index contributed by atoms with van der Waals surface area (Å²) in [4.78, 5) is 13.2. The van der Waals surface area contributed by atoms with Crippen molar-refractivity contribution in [1.82, 2.24) is 5.32 Å². The van der Waals surface area contributed by atoms with Gasteiger partial charge in [0.25, 0.3) is 0 Å². The van der Waals surface area contributed by atoms with Crippen LogP contribution >= 0.6 is 0 Å². The van der Waals surface area contributed by atoms with Crippen LogP contribution in [0.4, 0.5) is 0 Å². The molecule has 0 aromatic carbocycles. The first kappa shape index (κ1) is 80.0. The molecule has 0 radical (unpaired) electrons. The summed E-state index contributed by atoms with van der Waals surface area (Å²) in [6.45, 7) is 1.54. The second kappa shape index (κ2) is 51.2. The Balaban J connectivity index is 1.20. The fourth-order valence-corrected chi connectivity index (χ4v) is 11.8. The van der Waals surface area contributed by atoms with Gasteiger partial charge in [-0.1, -0.05) is 242 Å². The van der Waals surface area contributed by atoms with Gasteiger partial charge in [-0.3, -0.25) is 4.79 Å². The Morgan fingerprint density at radius 3 is 1.22 bits per heavy atom. The molecule has 88 heavy (non-hydrogen) atoms. The van der Waals surface area contributed by atoms with E-state index in [1.165, 1.54) is 148 Å². The van der Waals surface area contributed by atoms with E-state index in [2.05, 4.69) is 67.8 Å². The summed E-state index contributed by atoms with van der Waals surface area (Å²) in [5, 5.41) is 120. The van der Waals surface area contributed by atoms with Gasteiger partial charge in [0.15, 0.2) is 18.9 Å². The number of amides is 1. The number of unbranched alkanes of at least 4 members (excludes halogenated alkanes) is 29. The summed E-state index contributed by atoms with van der Waals surface area (Å²) >= 11 is 0. The first-order chi connectivity index (χ1) is 42.8. The number of carbonyl (C=O) groups is 1. The van der Waals surface area contributed by atoms with Crippen molar-refractivity contribution in [3.8, 4) is 0 Å². The number of rotatable bonds is 53. The summed E-state index contributed by atoms with van der Waals surface area (Å²) in [6, 6.07) is -0.881. The van der Waals surface area contributed by atoms with E-state index in [1.807, 2.05) is 0 Å². The van der Waals surface area contributed by atoms with E-state index in [0.717, 1.165) is 64.2 Å². The van der Waals surface area contributed by atoms with Gasteiger partial charge in [0.05, 0.1) is 38.6 Å². The Kier molecular flexibility index (Phi) is 46.5. The Bertz CT molecular complexity index is 1790. The number of hydrogen-bond donors (Lipinski definition) is 12. The standard InChI is InChI=1S/C69H125NO18/c1-3-5-7-9-10-11-12-13-14-15-16-17-18-19-20-21-22-23-24-25-26-27-28-29-30-31-32-33-34-35-36-37-38-39-40-41-42-43-45-47-57(75)70-52(53(74)46-44-8-6-4-2)51-83-67-63(81)60(78)65(55(49-72)85-67)88-69-64(82)61(79)66(56(50-73)86-69)87-68-62(80)59(77)58(76)54(48-71)84-68/h5,7,10-11,13-14,16-17,52-56,58-69,71-74,76-82H,3-4,6,8-9,12,15,18-51H2,1-2H3,(H,70,75)/b7-5-,11-10-,14-13-,17-16-. The molecule has 0 aromatic heterocycles. The van der Waals surface area contributed by atoms with Crippen LogP contribution in [0.25, 0.3) is 0 Å². The lowest BCUT2D eigenvalue weighted by atomic mass is 9.96. The van der Waals surface area contributed by atoms with Crippen molar-refractivity contribution in [2.24, 2.45) is 0 Å². The second-order valence-corrected chi connectivity index (χ2v) is 25.0. The zero-order chi connectivity index (χ0) is 64.0. The fraction of sp³-hybridized carbons (Fsp3) is 0.870. The fourth-order valence-electron chi connectivity index (χ4n) is 11.8. The Morgan fingerprint density at radius 2 is 0.784 bits per heavy atom. The Morgan fingerprint density at radius 1 is 0.420 bits per heavy atom. The molecule has 17 unspecified atom stereocenters. The molecule has 12 N–H and O–H groups in total. The smallest absolute Gasteiger partial charge is 0.220 e. The molecule has 3 fully saturated rings. The van der Waals surface area contributed by atoms with E-state index in [4.69, 9.17) is 28.4 Å². The molecule has 1 amide bonds. The van der Waals surface area contributed by atoms with Crippen molar-refractivity contribution in [2.75, 3.05) is 26.4 Å². The molecule has 514 valence electrons. The third-order valence-corrected chi connectivity index (χ3v) is 17.4. The van der Waals surface area contributed by atoms with Crippen molar-refractivity contribution in [1.29, 1.82) is 0 Å². The molecule has 3 aliphatic heterocycles. The highest BCUT2D eigenvalue weighted by molar-refractivity contribution is 5.76. The molecule has 0 aromatic rings. The number of allylic oxidation sites excluding steroid dienone is 8. The summed E-state index contributed by atoms with van der Waals surface area (Å²) in [5.74, 6) is -0.249. The molecule has 0 spiro atoms. The number of ether oxygens (including phenoxy) is 6. The van der Waals surface area contributed by atoms with Crippen LogP contribution < -0.4 is 5.32 Å². The van der Waals surface area contributed by atoms with E-state index in [9.17, 15) is 61.0 Å². The molecular formula is C69H125NO18. The molecule has 17 atom stereocenters. The second-order valence-electron chi connectivity index (χ2n) is 25.0. The van der Waals surface area contributed by atoms with Crippen molar-refractivity contribution < 1.29 is 89.4 Å². The van der Waals surface area contributed by atoms with Crippen LogP contribution in [0.3, 0.4) is 0 Å². The minimum atomic E-state index is -1.97. The topological polar surface area (TPSA) is 307 Å². The van der Waals surface area contributed by atoms with Gasteiger partial charge in [-0.15, -0.1) is 0 Å². The lowest BCUT2D eigenvalue weighted by Gasteiger charge is -2.48. The SMILES string of the molecule is CC/C=C\C/C=C\C/C=C\C/C=C\CCCCCCCCCCCCCCCCCCCCCCCCCCCCC(=O)NC(COC1OC(CO)C(OC2OC(CO)C(OC3OC(CO)C(O)C(O)C3O)C(O)C2O)C(O)C1O)C(O)CCCCCC. The summed E-state index contributed by atoms with van der Waals surface area (Å²) in [6.07, 6.45) is 34.9. The zero-order valence-electron chi connectivity index (χ0n) is 54.2. The average molecular weight is 1260 g/mol. The Hall–Kier alpha value is -2.25. The summed E-state index contributed by atoms with van der Waals surface area (Å²) in [7, 11) is 0. The highest BCUT2D eigenvalue weighted by atomic mass is 16.8. The van der Waals surface area contributed by atoms with Gasteiger partial charge >= 0.3 is 0 Å². The van der Waals surface area contributed by atoms with E-state index in [0.29, 0.717) is 19.3 Å². The number of aliphatic hydroxyl groups excluding tert-OH is 11. The van der Waals surface area contributed by atoms with Crippen LogP contribution in [-0.2, 0) is 33.2 Å². The molecule has 19 heteroatoms. The highest BCUT2D eigenvalue weighted by Crippen LogP contribution is 2.33. The van der Waals surface area contributed by atoms with Crippen LogP contribution in [0.15, 0.2) is 48.6 Å². The number of carbonyl (C=O) groups excluding carboxylic acids is 1. The maximum absolute atomic E-state index is 13.2. The third-order valence-electron chi connectivity index (χ3n) is 17.4. The molecule has 0 saturated carbocycles. The van der Waals surface area contributed by atoms with Gasteiger partial charge in [0, 0.05) is 6.42 Å². The van der Waals surface area contributed by atoms with Gasteiger partial charge in [0.2, 0.25) is 5.91 Å². The van der Waals surface area contributed by atoms with E-state index in [-0.39, 0.29) is 18.9 Å². The van der Waals surface area contributed by atoms with Crippen molar-refractivity contribution >= 4 is 5.91 Å². The molecule has 0 bridgehead atoms. The van der Waals surface area contributed by atoms with Gasteiger partial charge in [-0.25, -0.2) is 0 Å². The quantitative estimate of drug-likeness (QED) is 0.0200. The van der Waals surface area contributed by atoms with Gasteiger partial charge in [-0.05, 0) is 51.4 Å². The first-order valence-corrected chi connectivity index (χ1v) is 34.9. The van der Waals surface area contributed by atoms with E-state index >= 15 is 0 Å². The molecule has 3 aliphatic rings. The minimum absolute atomic E-state index is 0.249. The van der Waals surface area contributed by atoms with Gasteiger partial charge in [-0.2, -0.15) is 0 Å². The maximum atomic E-state index is 13.2. The Labute approximate surface area is 529 Å². The van der Waals surface area contributed by atoms with Crippen LogP contribution in [0, 0.1) is 0 Å². The third kappa shape index (κ3) is 33.0. The lowest BCUT2D eigenvalue weighted by Crippen LogP contribution is -2.66. The maximum Gasteiger partial charge on any atom is 0.220 e. The van der Waals surface area contributed by atoms with Crippen molar-refractivity contribution in [3.63, 3.8) is 0 Å². The predicted octanol–water partition coefficient (Wildman–Crippen LogP) is 9.00. The largest absolute Gasteiger partial charge is 0.394 e. The van der Waals surface area contributed by atoms with Crippen molar-refractivity contribution in [3.05, 3.63) is 48.6 Å². The normalized spacial score (nSPS) is 28.7. The van der Waals surface area contributed by atoms with Crippen molar-refractivity contribution in [2.45, 2.75) is 356 Å². The number of nitrogens with one attached hydrogen (secondary N) is 1. The first-order valence-electron chi connectivity index (χ1n) is 34.9. The van der Waals surface area contributed by atoms with Crippen LogP contribution in [0.1, 0.15) is 251 Å². The molecule has 3 saturated heterocycles. The summed E-state index contributed by atoms with van der Waals surface area (Å²) in [5.41, 5.74) is 0. The van der Waals surface area contributed by atoms with Gasteiger partial charge in [0.1, 0.15) is 73.2 Å². The van der Waals surface area contributed by atoms with Crippen LogP contribution in [-0.4, -0.2) is 193 Å². The molecule has 3 heterocycles. The molecule has 0 aliphatic carbocycles. The van der Waals surface area contributed by atoms with Gasteiger partial charge < -0.3 is 89.9 Å². The minimum Gasteiger partial charge on any atom is -0.394 e. The number of hydrogen-bond acceptors (Lipinski definition) is 18. The highest BCUT2D eigenvalue weighted by Gasteiger charge is 2.53. The number of aliphatic hydroxyl groups is 11. The van der Waals surface area contributed by atoms with Crippen LogP contribution in [0.5, 0.6) is 0 Å². The monoisotopic (exact) mass is 1260 g/mol. The lowest BCUT2D eigenvalue weighted by molar-refractivity contribution is -0.379.